The zero-order chi connectivity index (χ0) is 17.7. The van der Waals surface area contributed by atoms with Crippen LogP contribution >= 0.6 is 15.9 Å². The van der Waals surface area contributed by atoms with Gasteiger partial charge in [-0.25, -0.2) is 4.98 Å². The van der Waals surface area contributed by atoms with Gasteiger partial charge in [0.1, 0.15) is 5.56 Å². The molecule has 0 aliphatic heterocycles. The molecule has 1 aromatic heterocycles. The molecule has 0 aliphatic rings. The highest BCUT2D eigenvalue weighted by Gasteiger charge is 2.19. The zero-order valence-electron chi connectivity index (χ0n) is 13.7. The van der Waals surface area contributed by atoms with E-state index in [2.05, 4.69) is 26.2 Å². The van der Waals surface area contributed by atoms with Crippen LogP contribution in [0.3, 0.4) is 0 Å². The molecule has 0 saturated heterocycles. The van der Waals surface area contributed by atoms with Gasteiger partial charge in [0, 0.05) is 23.4 Å². The SMILES string of the molecule is COc1ncccc1C(=O)N(C)CC(=O)Nc1ccc(Br)cc1C. The third-order valence-corrected chi connectivity index (χ3v) is 3.88. The first-order valence-corrected chi connectivity index (χ1v) is 8.02. The first-order chi connectivity index (χ1) is 11.4. The minimum absolute atomic E-state index is 0.0770. The molecular formula is C17H18BrN3O3. The van der Waals surface area contributed by atoms with Gasteiger partial charge in [0.25, 0.3) is 5.91 Å². The van der Waals surface area contributed by atoms with Gasteiger partial charge in [0.15, 0.2) is 0 Å². The van der Waals surface area contributed by atoms with E-state index in [9.17, 15) is 9.59 Å². The Bertz CT molecular complexity index is 764. The summed E-state index contributed by atoms with van der Waals surface area (Å²) in [6.45, 7) is 1.82. The second-order valence-electron chi connectivity index (χ2n) is 5.23. The number of hydrogen-bond donors (Lipinski definition) is 1. The molecule has 1 aromatic carbocycles. The van der Waals surface area contributed by atoms with Crippen LogP contribution in [0.25, 0.3) is 0 Å². The molecule has 1 heterocycles. The lowest BCUT2D eigenvalue weighted by Gasteiger charge is -2.18. The van der Waals surface area contributed by atoms with Crippen LogP contribution in [0.5, 0.6) is 5.88 Å². The van der Waals surface area contributed by atoms with Crippen molar-refractivity contribution in [1.82, 2.24) is 9.88 Å². The van der Waals surface area contributed by atoms with Crippen molar-refractivity contribution >= 4 is 33.4 Å². The lowest BCUT2D eigenvalue weighted by atomic mass is 10.2. The average molecular weight is 392 g/mol. The third-order valence-electron chi connectivity index (χ3n) is 3.38. The molecule has 2 aromatic rings. The predicted octanol–water partition coefficient (Wildman–Crippen LogP) is 2.87. The number of benzene rings is 1. The van der Waals surface area contributed by atoms with Gasteiger partial charge >= 0.3 is 0 Å². The number of carbonyl (C=O) groups excluding carboxylic acids is 2. The van der Waals surface area contributed by atoms with E-state index in [1.165, 1.54) is 12.0 Å². The van der Waals surface area contributed by atoms with Crippen molar-refractivity contribution in [1.29, 1.82) is 0 Å². The van der Waals surface area contributed by atoms with Crippen molar-refractivity contribution in [3.8, 4) is 5.88 Å². The molecule has 0 bridgehead atoms. The van der Waals surface area contributed by atoms with E-state index in [4.69, 9.17) is 4.74 Å². The van der Waals surface area contributed by atoms with Gasteiger partial charge in [-0.15, -0.1) is 0 Å². The van der Waals surface area contributed by atoms with Gasteiger partial charge in [-0.3, -0.25) is 9.59 Å². The lowest BCUT2D eigenvalue weighted by Crippen LogP contribution is -2.35. The van der Waals surface area contributed by atoms with Gasteiger partial charge in [0.05, 0.1) is 13.7 Å². The number of methoxy groups -OCH3 is 1. The molecule has 0 aliphatic carbocycles. The number of aromatic nitrogens is 1. The molecule has 0 radical (unpaired) electrons. The predicted molar refractivity (Wildman–Crippen MR) is 95.3 cm³/mol. The number of ether oxygens (including phenoxy) is 1. The Morgan fingerprint density at radius 2 is 2.08 bits per heavy atom. The fraction of sp³-hybridized carbons (Fsp3) is 0.235. The van der Waals surface area contributed by atoms with Crippen LogP contribution in [-0.4, -0.2) is 42.4 Å². The molecule has 0 unspecified atom stereocenters. The summed E-state index contributed by atoms with van der Waals surface area (Å²) in [4.78, 5) is 29.9. The number of rotatable bonds is 5. The fourth-order valence-electron chi connectivity index (χ4n) is 2.17. The maximum Gasteiger partial charge on any atom is 0.259 e. The van der Waals surface area contributed by atoms with Crippen molar-refractivity contribution in [3.05, 3.63) is 52.1 Å². The summed E-state index contributed by atoms with van der Waals surface area (Å²) in [6, 6.07) is 8.82. The second-order valence-corrected chi connectivity index (χ2v) is 6.14. The molecule has 6 nitrogen and oxygen atoms in total. The summed E-state index contributed by atoms with van der Waals surface area (Å²) < 4.78 is 6.02. The van der Waals surface area contributed by atoms with Crippen LogP contribution in [0.15, 0.2) is 41.0 Å². The van der Waals surface area contributed by atoms with Crippen LogP contribution in [0.2, 0.25) is 0 Å². The number of carbonyl (C=O) groups is 2. The van der Waals surface area contributed by atoms with Crippen LogP contribution in [-0.2, 0) is 4.79 Å². The van der Waals surface area contributed by atoms with Crippen molar-refractivity contribution in [2.45, 2.75) is 6.92 Å². The van der Waals surface area contributed by atoms with Crippen LogP contribution in [0.1, 0.15) is 15.9 Å². The van der Waals surface area contributed by atoms with E-state index in [0.29, 0.717) is 11.3 Å². The number of pyridine rings is 1. The molecule has 0 saturated carbocycles. The number of nitrogens with one attached hydrogen (secondary N) is 1. The molecule has 24 heavy (non-hydrogen) atoms. The lowest BCUT2D eigenvalue weighted by molar-refractivity contribution is -0.116. The first-order valence-electron chi connectivity index (χ1n) is 7.23. The minimum Gasteiger partial charge on any atom is -0.480 e. The van der Waals surface area contributed by atoms with Gasteiger partial charge in [0.2, 0.25) is 11.8 Å². The monoisotopic (exact) mass is 391 g/mol. The number of amides is 2. The number of hydrogen-bond acceptors (Lipinski definition) is 4. The smallest absolute Gasteiger partial charge is 0.259 e. The summed E-state index contributed by atoms with van der Waals surface area (Å²) in [5.74, 6) is -0.375. The Balaban J connectivity index is 2.04. The third kappa shape index (κ3) is 4.32. The molecule has 0 fully saturated rings. The van der Waals surface area contributed by atoms with E-state index < -0.39 is 0 Å². The summed E-state index contributed by atoms with van der Waals surface area (Å²) in [5, 5.41) is 2.80. The van der Waals surface area contributed by atoms with Crippen LogP contribution in [0, 0.1) is 6.92 Å². The maximum absolute atomic E-state index is 12.4. The summed E-state index contributed by atoms with van der Waals surface area (Å²) >= 11 is 3.38. The number of halogens is 1. The Morgan fingerprint density at radius 3 is 2.75 bits per heavy atom. The highest BCUT2D eigenvalue weighted by atomic mass is 79.9. The van der Waals surface area contributed by atoms with Crippen molar-refractivity contribution in [2.75, 3.05) is 26.0 Å². The number of likely N-dealkylation sites (N-methyl/N-ethyl adjacent to an activating group) is 1. The van der Waals surface area contributed by atoms with Crippen molar-refractivity contribution in [3.63, 3.8) is 0 Å². The van der Waals surface area contributed by atoms with Crippen LogP contribution in [0.4, 0.5) is 5.69 Å². The standard InChI is InChI=1S/C17H18BrN3O3/c1-11-9-12(18)6-7-14(11)20-15(22)10-21(2)17(23)13-5-4-8-19-16(13)24-3/h4-9H,10H2,1-3H3,(H,20,22). The Morgan fingerprint density at radius 1 is 1.33 bits per heavy atom. The van der Waals surface area contributed by atoms with E-state index in [0.717, 1.165) is 10.0 Å². The van der Waals surface area contributed by atoms with Gasteiger partial charge < -0.3 is 15.0 Å². The number of nitrogens with zero attached hydrogens (tertiary/aromatic N) is 2. The molecular weight excluding hydrogens is 374 g/mol. The van der Waals surface area contributed by atoms with Crippen molar-refractivity contribution < 1.29 is 14.3 Å². The fourth-order valence-corrected chi connectivity index (χ4v) is 2.64. The Labute approximate surface area is 149 Å². The molecule has 0 spiro atoms. The molecule has 0 atom stereocenters. The number of anilines is 1. The molecule has 1 N–H and O–H groups in total. The topological polar surface area (TPSA) is 71.5 Å². The second kappa shape index (κ2) is 7.92. The summed E-state index contributed by atoms with van der Waals surface area (Å²) in [5.41, 5.74) is 1.96. The Kier molecular flexibility index (Phi) is 5.92. The zero-order valence-corrected chi connectivity index (χ0v) is 15.3. The van der Waals surface area contributed by atoms with E-state index in [-0.39, 0.29) is 24.2 Å². The molecule has 126 valence electrons. The van der Waals surface area contributed by atoms with Crippen LogP contribution < -0.4 is 10.1 Å². The summed E-state index contributed by atoms with van der Waals surface area (Å²) in [7, 11) is 3.00. The average Bonchev–Trinajstić information content (AvgIpc) is 2.56. The van der Waals surface area contributed by atoms with E-state index in [1.54, 1.807) is 25.4 Å². The van der Waals surface area contributed by atoms with Gasteiger partial charge in [-0.05, 0) is 42.8 Å². The summed E-state index contributed by atoms with van der Waals surface area (Å²) in [6.07, 6.45) is 1.54. The van der Waals surface area contributed by atoms with Crippen molar-refractivity contribution in [2.24, 2.45) is 0 Å². The largest absolute Gasteiger partial charge is 0.480 e. The molecule has 7 heteroatoms. The molecule has 2 rings (SSSR count). The highest BCUT2D eigenvalue weighted by Crippen LogP contribution is 2.20. The first kappa shape index (κ1) is 17.9. The van der Waals surface area contributed by atoms with E-state index in [1.807, 2.05) is 25.1 Å². The van der Waals surface area contributed by atoms with E-state index >= 15 is 0 Å². The highest BCUT2D eigenvalue weighted by molar-refractivity contribution is 9.10. The quantitative estimate of drug-likeness (QED) is 0.850. The van der Waals surface area contributed by atoms with Gasteiger partial charge in [-0.2, -0.15) is 0 Å². The maximum atomic E-state index is 12.4. The molecule has 2 amide bonds. The minimum atomic E-state index is -0.331. The Hall–Kier alpha value is -2.41. The van der Waals surface area contributed by atoms with Gasteiger partial charge in [-0.1, -0.05) is 15.9 Å². The normalized spacial score (nSPS) is 10.2. The number of aryl methyl sites for hydroxylation is 1.